The monoisotopic (exact) mass is 337 g/mol. The number of nitrogens with zero attached hydrogens (tertiary/aromatic N) is 1. The van der Waals surface area contributed by atoms with Crippen LogP contribution in [0.15, 0.2) is 41.4 Å². The number of H-pyrrole nitrogens is 1. The third-order valence-electron chi connectivity index (χ3n) is 2.99. The average molecular weight is 337 g/mol. The molecule has 1 unspecified atom stereocenters. The highest BCUT2D eigenvalue weighted by atomic mass is 32.3. The summed E-state index contributed by atoms with van der Waals surface area (Å²) in [5, 5.41) is 9.01. The number of carbonyl (C=O) groups excluding carboxylic acids is 1. The number of rotatable bonds is 3. The minimum absolute atomic E-state index is 0.196. The molecule has 0 radical (unpaired) electrons. The Morgan fingerprint density at radius 3 is 2.64 bits per heavy atom. The van der Waals surface area contributed by atoms with Crippen molar-refractivity contribution in [2.75, 3.05) is 0 Å². The minimum Gasteiger partial charge on any atom is -0.324 e. The third-order valence-corrected chi connectivity index (χ3v) is 5.56. The maximum absolute atomic E-state index is 11.8. The van der Waals surface area contributed by atoms with Crippen LogP contribution in [0.5, 0.6) is 0 Å². The summed E-state index contributed by atoms with van der Waals surface area (Å²) in [4.78, 5) is 12.0. The van der Waals surface area contributed by atoms with E-state index >= 15 is 0 Å². The molecular weight excluding hydrogens is 326 g/mol. The Hall–Kier alpha value is -2.10. The fraction of sp³-hybridized carbons (Fsp3) is 0.0769. The van der Waals surface area contributed by atoms with E-state index in [1.807, 2.05) is 30.3 Å². The molecule has 1 fully saturated rings. The normalized spacial score (nSPS) is 20.3. The van der Waals surface area contributed by atoms with E-state index in [-0.39, 0.29) is 4.91 Å². The average Bonchev–Trinajstić information content (AvgIpc) is 3.07. The van der Waals surface area contributed by atoms with Gasteiger partial charge in [0.1, 0.15) is 0 Å². The van der Waals surface area contributed by atoms with Crippen LogP contribution in [0, 0.1) is 0 Å². The Morgan fingerprint density at radius 2 is 2.00 bits per heavy atom. The van der Waals surface area contributed by atoms with Crippen LogP contribution in [0.2, 0.25) is 0 Å². The van der Waals surface area contributed by atoms with Gasteiger partial charge in [-0.15, -0.1) is 0 Å². The van der Waals surface area contributed by atoms with E-state index in [0.29, 0.717) is 5.56 Å². The summed E-state index contributed by atoms with van der Waals surface area (Å²) in [7, 11) is -4.34. The summed E-state index contributed by atoms with van der Waals surface area (Å²) in [6.07, 6.45) is 3.08. The molecule has 9 heteroatoms. The molecule has 0 saturated carbocycles. The summed E-state index contributed by atoms with van der Waals surface area (Å²) < 4.78 is 29.8. The molecule has 2 aromatic rings. The van der Waals surface area contributed by atoms with Gasteiger partial charge < -0.3 is 5.32 Å². The quantitative estimate of drug-likeness (QED) is 0.577. The van der Waals surface area contributed by atoms with Gasteiger partial charge in [-0.25, -0.2) is 0 Å². The van der Waals surface area contributed by atoms with Gasteiger partial charge in [-0.2, -0.15) is 13.5 Å². The molecule has 3 rings (SSSR count). The smallest absolute Gasteiger partial charge is 0.296 e. The first-order chi connectivity index (χ1) is 10.4. The van der Waals surface area contributed by atoms with Crippen molar-refractivity contribution < 1.29 is 17.8 Å². The third kappa shape index (κ3) is 2.91. The van der Waals surface area contributed by atoms with Gasteiger partial charge in [-0.1, -0.05) is 42.1 Å². The Bertz CT molecular complexity index is 843. The van der Waals surface area contributed by atoms with Crippen LogP contribution in [0.25, 0.3) is 17.3 Å². The lowest BCUT2D eigenvalue weighted by Gasteiger charge is -2.02. The van der Waals surface area contributed by atoms with Crippen LogP contribution < -0.4 is 5.32 Å². The number of amides is 1. The maximum atomic E-state index is 11.8. The standard InChI is InChI=1S/C13H11N3O4S2/c17-12-10(21-13(15-12)22(18,19)20)6-9-7-14-16-11(9)8-4-2-1-3-5-8/h1-7,13H,(H,14,16)(H,15,17)(H,18,19,20). The van der Waals surface area contributed by atoms with Crippen LogP contribution >= 0.6 is 11.8 Å². The van der Waals surface area contributed by atoms with Crippen LogP contribution in [-0.4, -0.2) is 33.8 Å². The van der Waals surface area contributed by atoms with Crippen molar-refractivity contribution in [3.05, 3.63) is 47.0 Å². The zero-order valence-electron chi connectivity index (χ0n) is 11.1. The lowest BCUT2D eigenvalue weighted by molar-refractivity contribution is -0.116. The zero-order chi connectivity index (χ0) is 15.7. The highest BCUT2D eigenvalue weighted by Crippen LogP contribution is 2.33. The fourth-order valence-electron chi connectivity index (χ4n) is 1.99. The molecule has 0 bridgehead atoms. The molecule has 1 aliphatic heterocycles. The predicted molar refractivity (Wildman–Crippen MR) is 83.1 cm³/mol. The molecule has 1 aromatic heterocycles. The second-order valence-corrected chi connectivity index (χ2v) is 7.46. The van der Waals surface area contributed by atoms with Crippen molar-refractivity contribution >= 4 is 33.9 Å². The first-order valence-corrected chi connectivity index (χ1v) is 8.58. The van der Waals surface area contributed by atoms with E-state index in [9.17, 15) is 13.2 Å². The van der Waals surface area contributed by atoms with Gasteiger partial charge in [-0.05, 0) is 6.08 Å². The summed E-state index contributed by atoms with van der Waals surface area (Å²) in [6, 6.07) is 9.41. The maximum Gasteiger partial charge on any atom is 0.296 e. The number of hydrogen-bond acceptors (Lipinski definition) is 5. The predicted octanol–water partition coefficient (Wildman–Crippen LogP) is 1.45. The van der Waals surface area contributed by atoms with Crippen LogP contribution in [0.1, 0.15) is 5.56 Å². The number of nitrogens with one attached hydrogen (secondary N) is 2. The molecule has 1 atom stereocenters. The first kappa shape index (κ1) is 14.8. The Kier molecular flexibility index (Phi) is 3.77. The molecule has 7 nitrogen and oxygen atoms in total. The summed E-state index contributed by atoms with van der Waals surface area (Å²) in [6.45, 7) is 0. The van der Waals surface area contributed by atoms with E-state index in [1.54, 1.807) is 6.20 Å². The molecule has 0 aliphatic carbocycles. The molecule has 0 spiro atoms. The SMILES string of the molecule is O=C1NC(S(=O)(=O)O)SC1=Cc1cn[nH]c1-c1ccccc1. The molecule has 2 heterocycles. The second-order valence-electron chi connectivity index (χ2n) is 4.51. The highest BCUT2D eigenvalue weighted by Gasteiger charge is 2.35. The number of carbonyl (C=O) groups is 1. The van der Waals surface area contributed by atoms with Crippen molar-refractivity contribution in [2.45, 2.75) is 4.71 Å². The molecule has 1 aromatic carbocycles. The van der Waals surface area contributed by atoms with Crippen LogP contribution in [0.4, 0.5) is 0 Å². The first-order valence-electron chi connectivity index (χ1n) is 6.19. The summed E-state index contributed by atoms with van der Waals surface area (Å²) in [5.41, 5.74) is 2.26. The fourth-order valence-corrected chi connectivity index (χ4v) is 3.80. The van der Waals surface area contributed by atoms with Gasteiger partial charge in [0.2, 0.25) is 4.71 Å². The second kappa shape index (κ2) is 5.59. The van der Waals surface area contributed by atoms with Gasteiger partial charge in [0.25, 0.3) is 16.0 Å². The van der Waals surface area contributed by atoms with E-state index in [1.165, 1.54) is 6.08 Å². The van der Waals surface area contributed by atoms with Gasteiger partial charge in [0.15, 0.2) is 0 Å². The number of hydrogen-bond donors (Lipinski definition) is 3. The van der Waals surface area contributed by atoms with E-state index < -0.39 is 20.7 Å². The van der Waals surface area contributed by atoms with Crippen molar-refractivity contribution in [2.24, 2.45) is 0 Å². The Morgan fingerprint density at radius 1 is 1.27 bits per heavy atom. The molecule has 114 valence electrons. The van der Waals surface area contributed by atoms with Crippen molar-refractivity contribution in [3.63, 3.8) is 0 Å². The van der Waals surface area contributed by atoms with Gasteiger partial charge in [0.05, 0.1) is 16.8 Å². The van der Waals surface area contributed by atoms with Gasteiger partial charge in [0, 0.05) is 11.1 Å². The van der Waals surface area contributed by atoms with Crippen LogP contribution in [-0.2, 0) is 14.9 Å². The van der Waals surface area contributed by atoms with E-state index in [2.05, 4.69) is 15.5 Å². The van der Waals surface area contributed by atoms with E-state index in [0.717, 1.165) is 23.0 Å². The highest BCUT2D eigenvalue weighted by molar-refractivity contribution is 8.15. The summed E-state index contributed by atoms with van der Waals surface area (Å²) in [5.74, 6) is -0.548. The Balaban J connectivity index is 1.94. The topological polar surface area (TPSA) is 112 Å². The molecule has 1 amide bonds. The molecule has 1 aliphatic rings. The number of aromatic nitrogens is 2. The summed E-state index contributed by atoms with van der Waals surface area (Å²) >= 11 is 0.749. The molecular formula is C13H11N3O4S2. The van der Waals surface area contributed by atoms with Crippen molar-refractivity contribution in [1.29, 1.82) is 0 Å². The lowest BCUT2D eigenvalue weighted by Crippen LogP contribution is -2.31. The van der Waals surface area contributed by atoms with Crippen molar-refractivity contribution in [1.82, 2.24) is 15.5 Å². The number of thioether (sulfide) groups is 1. The minimum atomic E-state index is -4.34. The van der Waals surface area contributed by atoms with Gasteiger partial charge in [-0.3, -0.25) is 14.4 Å². The zero-order valence-corrected chi connectivity index (χ0v) is 12.7. The van der Waals surface area contributed by atoms with E-state index in [4.69, 9.17) is 4.55 Å². The number of benzene rings is 1. The Labute approximate surface area is 130 Å². The molecule has 22 heavy (non-hydrogen) atoms. The molecule has 1 saturated heterocycles. The van der Waals surface area contributed by atoms with Crippen LogP contribution in [0.3, 0.4) is 0 Å². The van der Waals surface area contributed by atoms with Crippen molar-refractivity contribution in [3.8, 4) is 11.3 Å². The number of aromatic amines is 1. The van der Waals surface area contributed by atoms with Gasteiger partial charge >= 0.3 is 0 Å². The lowest BCUT2D eigenvalue weighted by atomic mass is 10.1. The largest absolute Gasteiger partial charge is 0.324 e. The molecule has 3 N–H and O–H groups in total.